The second-order valence-electron chi connectivity index (χ2n) is 4.94. The third-order valence-electron chi connectivity index (χ3n) is 3.38. The van der Waals surface area contributed by atoms with E-state index < -0.39 is 5.82 Å². The molecule has 0 bridgehead atoms. The Morgan fingerprint density at radius 1 is 0.864 bits per heavy atom. The van der Waals surface area contributed by atoms with E-state index in [4.69, 9.17) is 4.74 Å². The van der Waals surface area contributed by atoms with E-state index in [0.29, 0.717) is 17.9 Å². The molecule has 110 valence electrons. The second kappa shape index (κ2) is 6.31. The van der Waals surface area contributed by atoms with E-state index in [-0.39, 0.29) is 5.75 Å². The summed E-state index contributed by atoms with van der Waals surface area (Å²) in [5.74, 6) is -0.306. The Morgan fingerprint density at radius 2 is 1.59 bits per heavy atom. The molecule has 3 heteroatoms. The first-order chi connectivity index (χ1) is 10.7. The van der Waals surface area contributed by atoms with E-state index in [2.05, 4.69) is 0 Å². The summed E-state index contributed by atoms with van der Waals surface area (Å²) >= 11 is 0. The summed E-state index contributed by atoms with van der Waals surface area (Å²) in [6.45, 7) is 0.449. The van der Waals surface area contributed by atoms with Crippen LogP contribution < -0.4 is 4.74 Å². The van der Waals surface area contributed by atoms with Crippen LogP contribution in [0.3, 0.4) is 0 Å². The molecule has 0 saturated heterocycles. The predicted octanol–water partition coefficient (Wildman–Crippen LogP) is 4.78. The second-order valence-corrected chi connectivity index (χ2v) is 4.94. The molecule has 3 aromatic carbocycles. The van der Waals surface area contributed by atoms with Gasteiger partial charge in [0.25, 0.3) is 0 Å². The van der Waals surface area contributed by atoms with Gasteiger partial charge in [-0.05, 0) is 29.3 Å². The molecule has 0 radical (unpaired) electrons. The number of hydrogen-bond donors (Lipinski definition) is 1. The van der Waals surface area contributed by atoms with Crippen molar-refractivity contribution in [1.29, 1.82) is 0 Å². The highest BCUT2D eigenvalue weighted by molar-refractivity contribution is 5.71. The molecule has 0 unspecified atom stereocenters. The summed E-state index contributed by atoms with van der Waals surface area (Å²) in [7, 11) is 0. The van der Waals surface area contributed by atoms with E-state index in [1.54, 1.807) is 6.07 Å². The molecule has 0 aliphatic heterocycles. The van der Waals surface area contributed by atoms with Gasteiger partial charge in [0.15, 0.2) is 11.6 Å². The number of phenolic OH excluding ortho intramolecular Hbond substituents is 1. The van der Waals surface area contributed by atoms with E-state index in [9.17, 15) is 9.50 Å². The van der Waals surface area contributed by atoms with Gasteiger partial charge in [0.2, 0.25) is 0 Å². The summed E-state index contributed by atoms with van der Waals surface area (Å²) in [6.07, 6.45) is 0. The van der Waals surface area contributed by atoms with Crippen LogP contribution in [0.15, 0.2) is 72.8 Å². The minimum absolute atomic E-state index is 0.365. The zero-order chi connectivity index (χ0) is 15.4. The maximum atomic E-state index is 13.2. The van der Waals surface area contributed by atoms with Crippen LogP contribution >= 0.6 is 0 Å². The maximum Gasteiger partial charge on any atom is 0.164 e. The molecule has 0 fully saturated rings. The Kier molecular flexibility index (Phi) is 4.05. The SMILES string of the molecule is Oc1cc(-c2ccccc2OCc2ccccc2)ccc1F. The Morgan fingerprint density at radius 3 is 2.36 bits per heavy atom. The average molecular weight is 294 g/mol. The topological polar surface area (TPSA) is 29.5 Å². The van der Waals surface area contributed by atoms with Crippen LogP contribution in [0.25, 0.3) is 11.1 Å². The Hall–Kier alpha value is -2.81. The molecule has 0 aromatic heterocycles. The van der Waals surface area contributed by atoms with Gasteiger partial charge in [-0.25, -0.2) is 4.39 Å². The molecule has 0 heterocycles. The van der Waals surface area contributed by atoms with Gasteiger partial charge in [0, 0.05) is 5.56 Å². The fourth-order valence-electron chi connectivity index (χ4n) is 2.25. The first kappa shape index (κ1) is 14.1. The fraction of sp³-hybridized carbons (Fsp3) is 0.0526. The van der Waals surface area contributed by atoms with Crippen molar-refractivity contribution in [3.63, 3.8) is 0 Å². The van der Waals surface area contributed by atoms with Gasteiger partial charge in [-0.15, -0.1) is 0 Å². The summed E-state index contributed by atoms with van der Waals surface area (Å²) < 4.78 is 19.1. The lowest BCUT2D eigenvalue weighted by atomic mass is 10.0. The molecular formula is C19H15FO2. The third kappa shape index (κ3) is 3.09. The number of rotatable bonds is 4. The molecule has 0 aliphatic rings. The van der Waals surface area contributed by atoms with Crippen LogP contribution in [0.1, 0.15) is 5.56 Å². The van der Waals surface area contributed by atoms with Gasteiger partial charge in [0.05, 0.1) is 0 Å². The molecule has 0 atom stereocenters. The van der Waals surface area contributed by atoms with Crippen molar-refractivity contribution in [2.75, 3.05) is 0 Å². The van der Waals surface area contributed by atoms with Crippen molar-refractivity contribution < 1.29 is 14.2 Å². The van der Waals surface area contributed by atoms with E-state index in [1.165, 1.54) is 12.1 Å². The molecule has 0 saturated carbocycles. The van der Waals surface area contributed by atoms with Gasteiger partial charge >= 0.3 is 0 Å². The normalized spacial score (nSPS) is 10.4. The van der Waals surface area contributed by atoms with Crippen LogP contribution in [0.5, 0.6) is 11.5 Å². The van der Waals surface area contributed by atoms with E-state index in [0.717, 1.165) is 11.1 Å². The number of phenols is 1. The lowest BCUT2D eigenvalue weighted by molar-refractivity contribution is 0.307. The lowest BCUT2D eigenvalue weighted by Crippen LogP contribution is -1.96. The van der Waals surface area contributed by atoms with Gasteiger partial charge in [-0.2, -0.15) is 0 Å². The van der Waals surface area contributed by atoms with Gasteiger partial charge in [0.1, 0.15) is 12.4 Å². The van der Waals surface area contributed by atoms with Crippen molar-refractivity contribution in [3.05, 3.63) is 84.2 Å². The van der Waals surface area contributed by atoms with Crippen molar-refractivity contribution in [2.24, 2.45) is 0 Å². The Balaban J connectivity index is 1.88. The van der Waals surface area contributed by atoms with E-state index >= 15 is 0 Å². The smallest absolute Gasteiger partial charge is 0.164 e. The van der Waals surface area contributed by atoms with Crippen molar-refractivity contribution >= 4 is 0 Å². The van der Waals surface area contributed by atoms with Crippen molar-refractivity contribution in [3.8, 4) is 22.6 Å². The van der Waals surface area contributed by atoms with Crippen LogP contribution in [-0.4, -0.2) is 5.11 Å². The largest absolute Gasteiger partial charge is 0.505 e. The molecule has 22 heavy (non-hydrogen) atoms. The monoisotopic (exact) mass is 294 g/mol. The molecule has 1 N–H and O–H groups in total. The zero-order valence-electron chi connectivity index (χ0n) is 11.9. The highest BCUT2D eigenvalue weighted by Crippen LogP contribution is 2.33. The van der Waals surface area contributed by atoms with Gasteiger partial charge < -0.3 is 9.84 Å². The Labute approximate surface area is 128 Å². The number of benzene rings is 3. The summed E-state index contributed by atoms with van der Waals surface area (Å²) in [4.78, 5) is 0. The Bertz CT molecular complexity index is 769. The first-order valence-corrected chi connectivity index (χ1v) is 6.99. The van der Waals surface area contributed by atoms with Crippen LogP contribution in [0.2, 0.25) is 0 Å². The predicted molar refractivity (Wildman–Crippen MR) is 84.3 cm³/mol. The van der Waals surface area contributed by atoms with E-state index in [1.807, 2.05) is 54.6 Å². The minimum atomic E-state index is -0.633. The molecular weight excluding hydrogens is 279 g/mol. The standard InChI is InChI=1S/C19H15FO2/c20-17-11-10-15(12-18(17)21)16-8-4-5-9-19(16)22-13-14-6-2-1-3-7-14/h1-12,21H,13H2. The number of hydrogen-bond acceptors (Lipinski definition) is 2. The van der Waals surface area contributed by atoms with Crippen LogP contribution in [-0.2, 0) is 6.61 Å². The van der Waals surface area contributed by atoms with Crippen LogP contribution in [0.4, 0.5) is 4.39 Å². The molecule has 3 aromatic rings. The first-order valence-electron chi connectivity index (χ1n) is 6.99. The fourth-order valence-corrected chi connectivity index (χ4v) is 2.25. The molecule has 0 amide bonds. The third-order valence-corrected chi connectivity index (χ3v) is 3.38. The van der Waals surface area contributed by atoms with Crippen LogP contribution in [0, 0.1) is 5.82 Å². The van der Waals surface area contributed by atoms with Gasteiger partial charge in [-0.1, -0.05) is 54.6 Å². The summed E-state index contributed by atoms with van der Waals surface area (Å²) in [5.41, 5.74) is 2.59. The number of ether oxygens (including phenoxy) is 1. The average Bonchev–Trinajstić information content (AvgIpc) is 2.57. The minimum Gasteiger partial charge on any atom is -0.505 e. The summed E-state index contributed by atoms with van der Waals surface area (Å²) in [5, 5.41) is 9.54. The highest BCUT2D eigenvalue weighted by atomic mass is 19.1. The van der Waals surface area contributed by atoms with Crippen molar-refractivity contribution in [1.82, 2.24) is 0 Å². The zero-order valence-corrected chi connectivity index (χ0v) is 11.9. The quantitative estimate of drug-likeness (QED) is 0.750. The van der Waals surface area contributed by atoms with Crippen molar-refractivity contribution in [2.45, 2.75) is 6.61 Å². The molecule has 0 spiro atoms. The lowest BCUT2D eigenvalue weighted by Gasteiger charge is -2.12. The number of halogens is 1. The van der Waals surface area contributed by atoms with Gasteiger partial charge in [-0.3, -0.25) is 0 Å². The highest BCUT2D eigenvalue weighted by Gasteiger charge is 2.09. The number of para-hydroxylation sites is 1. The molecule has 0 aliphatic carbocycles. The molecule has 2 nitrogen and oxygen atoms in total. The molecule has 3 rings (SSSR count). The maximum absolute atomic E-state index is 13.2. The summed E-state index contributed by atoms with van der Waals surface area (Å²) in [6, 6.07) is 21.6. The number of aromatic hydroxyl groups is 1.